The molecule has 0 aliphatic carbocycles. The summed E-state index contributed by atoms with van der Waals surface area (Å²) in [5.41, 5.74) is -0.0662. The second-order valence-electron chi connectivity index (χ2n) is 2.49. The first-order chi connectivity index (χ1) is 6.25. The average molecular weight is 183 g/mol. The zero-order valence-electron chi connectivity index (χ0n) is 7.29. The van der Waals surface area contributed by atoms with Gasteiger partial charge in [-0.05, 0) is 12.5 Å². The maximum Gasteiger partial charge on any atom is 0.341 e. The van der Waals surface area contributed by atoms with Gasteiger partial charge in [-0.2, -0.15) is 0 Å². The highest BCUT2D eigenvalue weighted by atomic mass is 19.1. The molecule has 0 spiro atoms. The Kier molecular flexibility index (Phi) is 3.37. The maximum absolute atomic E-state index is 12.9. The van der Waals surface area contributed by atoms with Crippen molar-refractivity contribution in [2.45, 2.75) is 13.3 Å². The third kappa shape index (κ3) is 2.50. The van der Waals surface area contributed by atoms with Gasteiger partial charge in [-0.3, -0.25) is 4.98 Å². The smallest absolute Gasteiger partial charge is 0.341 e. The van der Waals surface area contributed by atoms with Gasteiger partial charge in [0.15, 0.2) is 5.82 Å². The number of rotatable bonds is 3. The van der Waals surface area contributed by atoms with Crippen LogP contribution in [0.3, 0.4) is 0 Å². The number of nitrogens with zero attached hydrogens (tertiary/aromatic N) is 1. The van der Waals surface area contributed by atoms with Gasteiger partial charge in [0.2, 0.25) is 0 Å². The minimum Gasteiger partial charge on any atom is -0.462 e. The van der Waals surface area contributed by atoms with Crippen molar-refractivity contribution < 1.29 is 13.9 Å². The lowest BCUT2D eigenvalue weighted by molar-refractivity contribution is 0.0499. The van der Waals surface area contributed by atoms with Crippen LogP contribution in [0.4, 0.5) is 4.39 Å². The van der Waals surface area contributed by atoms with Gasteiger partial charge in [-0.25, -0.2) is 9.18 Å². The highest BCUT2D eigenvalue weighted by molar-refractivity contribution is 5.89. The van der Waals surface area contributed by atoms with Crippen LogP contribution in [0.5, 0.6) is 0 Å². The quantitative estimate of drug-likeness (QED) is 0.670. The van der Waals surface area contributed by atoms with E-state index in [0.29, 0.717) is 6.61 Å². The number of carbonyl (C=O) groups excluding carboxylic acids is 1. The first-order valence-electron chi connectivity index (χ1n) is 4.02. The Bertz CT molecular complexity index is 301. The Balaban J connectivity index is 2.71. The van der Waals surface area contributed by atoms with Gasteiger partial charge in [0.1, 0.15) is 0 Å². The summed E-state index contributed by atoms with van der Waals surface area (Å²) in [6.45, 7) is 2.18. The van der Waals surface area contributed by atoms with Crippen LogP contribution in [0.25, 0.3) is 0 Å². The van der Waals surface area contributed by atoms with Crippen LogP contribution in [-0.4, -0.2) is 17.6 Å². The van der Waals surface area contributed by atoms with Crippen LogP contribution >= 0.6 is 0 Å². The fourth-order valence-corrected chi connectivity index (χ4v) is 0.813. The van der Waals surface area contributed by atoms with Crippen molar-refractivity contribution in [3.8, 4) is 0 Å². The summed E-state index contributed by atoms with van der Waals surface area (Å²) in [5, 5.41) is 0. The van der Waals surface area contributed by atoms with Gasteiger partial charge in [0, 0.05) is 6.20 Å². The van der Waals surface area contributed by atoms with E-state index in [1.54, 1.807) is 0 Å². The maximum atomic E-state index is 12.9. The van der Waals surface area contributed by atoms with Gasteiger partial charge in [-0.15, -0.1) is 0 Å². The van der Waals surface area contributed by atoms with Crippen molar-refractivity contribution in [2.24, 2.45) is 0 Å². The lowest BCUT2D eigenvalue weighted by atomic mass is 10.2. The monoisotopic (exact) mass is 183 g/mol. The third-order valence-corrected chi connectivity index (χ3v) is 1.43. The lowest BCUT2D eigenvalue weighted by Gasteiger charge is -2.02. The minimum absolute atomic E-state index is 0.0662. The molecule has 0 unspecified atom stereocenters. The molecule has 0 amide bonds. The van der Waals surface area contributed by atoms with E-state index in [2.05, 4.69) is 4.98 Å². The number of hydrogen-bond donors (Lipinski definition) is 0. The van der Waals surface area contributed by atoms with E-state index in [1.165, 1.54) is 12.3 Å². The summed E-state index contributed by atoms with van der Waals surface area (Å²) in [6.07, 6.45) is 3.06. The lowest BCUT2D eigenvalue weighted by Crippen LogP contribution is -2.08. The van der Waals surface area contributed by atoms with E-state index < -0.39 is 11.8 Å². The molecule has 0 N–H and O–H groups in total. The first kappa shape index (κ1) is 9.64. The number of halogens is 1. The molecule has 3 nitrogen and oxygen atoms in total. The molecule has 0 radical (unpaired) electrons. The average Bonchev–Trinajstić information content (AvgIpc) is 2.15. The summed E-state index contributed by atoms with van der Waals surface area (Å²) in [5.74, 6) is -1.29. The van der Waals surface area contributed by atoms with E-state index in [1.807, 2.05) is 6.92 Å². The van der Waals surface area contributed by atoms with Crippen molar-refractivity contribution >= 4 is 5.97 Å². The first-order valence-corrected chi connectivity index (χ1v) is 4.02. The van der Waals surface area contributed by atoms with Gasteiger partial charge in [0.25, 0.3) is 0 Å². The van der Waals surface area contributed by atoms with Gasteiger partial charge < -0.3 is 4.74 Å². The molecule has 0 aliphatic rings. The second-order valence-corrected chi connectivity index (χ2v) is 2.49. The Morgan fingerprint density at radius 2 is 2.46 bits per heavy atom. The fraction of sp³-hybridized carbons (Fsp3) is 0.333. The molecule has 0 saturated heterocycles. The molecule has 1 aromatic heterocycles. The van der Waals surface area contributed by atoms with Gasteiger partial charge in [-0.1, -0.05) is 6.92 Å². The largest absolute Gasteiger partial charge is 0.462 e. The zero-order chi connectivity index (χ0) is 9.68. The predicted molar refractivity (Wildman–Crippen MR) is 44.8 cm³/mol. The third-order valence-electron chi connectivity index (χ3n) is 1.43. The van der Waals surface area contributed by atoms with Crippen molar-refractivity contribution in [3.63, 3.8) is 0 Å². The minimum atomic E-state index is -0.649. The Labute approximate surface area is 75.6 Å². The van der Waals surface area contributed by atoms with E-state index in [0.717, 1.165) is 12.6 Å². The molecule has 1 heterocycles. The highest BCUT2D eigenvalue weighted by Gasteiger charge is 2.11. The van der Waals surface area contributed by atoms with E-state index in [4.69, 9.17) is 4.74 Å². The summed E-state index contributed by atoms with van der Waals surface area (Å²) in [6, 6.07) is 1.30. The topological polar surface area (TPSA) is 39.2 Å². The van der Waals surface area contributed by atoms with Crippen LogP contribution in [0.2, 0.25) is 0 Å². The SMILES string of the molecule is CCCOC(=O)c1ccncc1F. The zero-order valence-corrected chi connectivity index (χ0v) is 7.29. The Morgan fingerprint density at radius 3 is 3.08 bits per heavy atom. The normalized spacial score (nSPS) is 9.69. The molecule has 0 aliphatic heterocycles. The molecule has 1 rings (SSSR count). The molecule has 70 valence electrons. The molecule has 0 atom stereocenters. The molecule has 4 heteroatoms. The van der Waals surface area contributed by atoms with Crippen molar-refractivity contribution in [2.75, 3.05) is 6.61 Å². The number of pyridine rings is 1. The highest BCUT2D eigenvalue weighted by Crippen LogP contribution is 2.06. The van der Waals surface area contributed by atoms with E-state index >= 15 is 0 Å². The molecule has 1 aromatic rings. The predicted octanol–water partition coefficient (Wildman–Crippen LogP) is 1.79. The number of esters is 1. The molecule has 13 heavy (non-hydrogen) atoms. The second kappa shape index (κ2) is 4.54. The summed E-state index contributed by atoms with van der Waals surface area (Å²) in [4.78, 5) is 14.7. The number of ether oxygens (including phenoxy) is 1. The van der Waals surface area contributed by atoms with Crippen LogP contribution in [0.15, 0.2) is 18.5 Å². The Morgan fingerprint density at radius 1 is 1.69 bits per heavy atom. The number of hydrogen-bond acceptors (Lipinski definition) is 3. The van der Waals surface area contributed by atoms with Gasteiger partial charge >= 0.3 is 5.97 Å². The van der Waals surface area contributed by atoms with Crippen molar-refractivity contribution in [1.82, 2.24) is 4.98 Å². The van der Waals surface area contributed by atoms with Crippen LogP contribution in [-0.2, 0) is 4.74 Å². The Hall–Kier alpha value is -1.45. The molecule has 0 saturated carbocycles. The molecule has 0 aromatic carbocycles. The summed E-state index contributed by atoms with van der Waals surface area (Å²) < 4.78 is 17.7. The van der Waals surface area contributed by atoms with Crippen molar-refractivity contribution in [3.05, 3.63) is 29.8 Å². The van der Waals surface area contributed by atoms with Gasteiger partial charge in [0.05, 0.1) is 18.4 Å². The fourth-order valence-electron chi connectivity index (χ4n) is 0.813. The summed E-state index contributed by atoms with van der Waals surface area (Å²) in [7, 11) is 0. The molecule has 0 fully saturated rings. The molecular formula is C9H10FNO2. The van der Waals surface area contributed by atoms with E-state index in [9.17, 15) is 9.18 Å². The van der Waals surface area contributed by atoms with E-state index in [-0.39, 0.29) is 5.56 Å². The number of aromatic nitrogens is 1. The van der Waals surface area contributed by atoms with Crippen LogP contribution < -0.4 is 0 Å². The standard InChI is InChI=1S/C9H10FNO2/c1-2-5-13-9(12)7-3-4-11-6-8(7)10/h3-4,6H,2,5H2,1H3. The summed E-state index contributed by atoms with van der Waals surface area (Å²) >= 11 is 0. The molecular weight excluding hydrogens is 173 g/mol. The van der Waals surface area contributed by atoms with Crippen molar-refractivity contribution in [1.29, 1.82) is 0 Å². The van der Waals surface area contributed by atoms with Crippen LogP contribution in [0, 0.1) is 5.82 Å². The number of carbonyl (C=O) groups is 1. The van der Waals surface area contributed by atoms with Crippen LogP contribution in [0.1, 0.15) is 23.7 Å². The molecule has 0 bridgehead atoms.